The molecular formula is C13H20ClN. The zero-order valence-corrected chi connectivity index (χ0v) is 10.3. The van der Waals surface area contributed by atoms with Gasteiger partial charge >= 0.3 is 0 Å². The van der Waals surface area contributed by atoms with Gasteiger partial charge in [-0.3, -0.25) is 0 Å². The first-order valence-corrected chi connectivity index (χ1v) is 6.05. The lowest BCUT2D eigenvalue weighted by Gasteiger charge is -2.12. The minimum atomic E-state index is 0.543. The van der Waals surface area contributed by atoms with Gasteiger partial charge in [-0.05, 0) is 48.9 Å². The molecule has 1 aromatic carbocycles. The molecule has 1 aromatic rings. The van der Waals surface area contributed by atoms with Crippen LogP contribution in [0.2, 0.25) is 5.02 Å². The van der Waals surface area contributed by atoms with E-state index in [0.29, 0.717) is 5.92 Å². The zero-order chi connectivity index (χ0) is 11.3. The van der Waals surface area contributed by atoms with Crippen LogP contribution in [0.5, 0.6) is 0 Å². The first-order chi connectivity index (χ1) is 7.19. The number of aryl methyl sites for hydroxylation is 1. The monoisotopic (exact) mass is 225 g/mol. The molecule has 15 heavy (non-hydrogen) atoms. The topological polar surface area (TPSA) is 26.0 Å². The van der Waals surface area contributed by atoms with E-state index in [-0.39, 0.29) is 0 Å². The highest BCUT2D eigenvalue weighted by Crippen LogP contribution is 2.27. The molecule has 1 atom stereocenters. The van der Waals surface area contributed by atoms with E-state index in [4.69, 9.17) is 17.3 Å². The molecule has 2 N–H and O–H groups in total. The normalized spacial score (nSPS) is 12.8. The summed E-state index contributed by atoms with van der Waals surface area (Å²) in [6, 6.07) is 6.41. The lowest BCUT2D eigenvalue weighted by atomic mass is 9.96. The van der Waals surface area contributed by atoms with Gasteiger partial charge in [0.25, 0.3) is 0 Å². The van der Waals surface area contributed by atoms with E-state index >= 15 is 0 Å². The average Bonchev–Trinajstić information content (AvgIpc) is 2.25. The Morgan fingerprint density at radius 1 is 1.40 bits per heavy atom. The van der Waals surface area contributed by atoms with Crippen molar-refractivity contribution < 1.29 is 0 Å². The summed E-state index contributed by atoms with van der Waals surface area (Å²) in [7, 11) is 0. The second-order valence-electron chi connectivity index (χ2n) is 4.06. The van der Waals surface area contributed by atoms with E-state index in [1.165, 1.54) is 11.1 Å². The minimum Gasteiger partial charge on any atom is -0.330 e. The van der Waals surface area contributed by atoms with Crippen molar-refractivity contribution in [3.8, 4) is 0 Å². The lowest BCUT2D eigenvalue weighted by molar-refractivity contribution is 0.732. The van der Waals surface area contributed by atoms with Crippen molar-refractivity contribution in [2.24, 2.45) is 5.73 Å². The van der Waals surface area contributed by atoms with Crippen LogP contribution in [0.1, 0.15) is 43.7 Å². The van der Waals surface area contributed by atoms with E-state index in [2.05, 4.69) is 32.0 Å². The summed E-state index contributed by atoms with van der Waals surface area (Å²) in [5.41, 5.74) is 8.03. The Bertz CT molecular complexity index is 309. The highest BCUT2D eigenvalue weighted by Gasteiger charge is 2.07. The summed E-state index contributed by atoms with van der Waals surface area (Å²) in [5.74, 6) is 0.543. The third-order valence-corrected chi connectivity index (χ3v) is 3.21. The summed E-state index contributed by atoms with van der Waals surface area (Å²) < 4.78 is 0. The molecule has 0 aliphatic rings. The van der Waals surface area contributed by atoms with Crippen molar-refractivity contribution in [1.82, 2.24) is 0 Å². The van der Waals surface area contributed by atoms with E-state index in [9.17, 15) is 0 Å². The van der Waals surface area contributed by atoms with Crippen LogP contribution in [0.25, 0.3) is 0 Å². The standard InChI is InChI=1S/C13H20ClN/c1-3-10(2)12-7-6-11(5-4-8-15)9-13(12)14/h6-7,9-10H,3-5,8,15H2,1-2H3. The largest absolute Gasteiger partial charge is 0.330 e. The molecule has 0 aliphatic carbocycles. The van der Waals surface area contributed by atoms with Crippen LogP contribution in [-0.4, -0.2) is 6.54 Å². The first kappa shape index (κ1) is 12.5. The number of rotatable bonds is 5. The Labute approximate surface area is 97.6 Å². The van der Waals surface area contributed by atoms with Gasteiger partial charge in [-0.1, -0.05) is 37.6 Å². The van der Waals surface area contributed by atoms with E-state index < -0.39 is 0 Å². The number of nitrogens with two attached hydrogens (primary N) is 1. The average molecular weight is 226 g/mol. The van der Waals surface area contributed by atoms with Crippen LogP contribution < -0.4 is 5.73 Å². The summed E-state index contributed by atoms with van der Waals surface area (Å²) >= 11 is 6.25. The summed E-state index contributed by atoms with van der Waals surface area (Å²) in [5, 5.41) is 0.902. The van der Waals surface area contributed by atoms with E-state index in [1.807, 2.05) is 0 Å². The highest BCUT2D eigenvalue weighted by molar-refractivity contribution is 6.31. The minimum absolute atomic E-state index is 0.543. The molecule has 0 amide bonds. The number of hydrogen-bond donors (Lipinski definition) is 1. The predicted octanol–water partition coefficient (Wildman–Crippen LogP) is 3.74. The molecule has 2 heteroatoms. The molecule has 0 saturated carbocycles. The van der Waals surface area contributed by atoms with Crippen LogP contribution in [0, 0.1) is 0 Å². The van der Waals surface area contributed by atoms with Crippen LogP contribution in [0.3, 0.4) is 0 Å². The molecule has 0 heterocycles. The molecule has 0 saturated heterocycles. The number of benzene rings is 1. The van der Waals surface area contributed by atoms with Gasteiger partial charge in [-0.15, -0.1) is 0 Å². The smallest absolute Gasteiger partial charge is 0.0443 e. The van der Waals surface area contributed by atoms with Gasteiger partial charge < -0.3 is 5.73 Å². The summed E-state index contributed by atoms with van der Waals surface area (Å²) in [6.45, 7) is 5.13. The quantitative estimate of drug-likeness (QED) is 0.812. The second kappa shape index (κ2) is 6.14. The predicted molar refractivity (Wildman–Crippen MR) is 67.5 cm³/mol. The zero-order valence-electron chi connectivity index (χ0n) is 9.59. The Hall–Kier alpha value is -0.530. The number of hydrogen-bond acceptors (Lipinski definition) is 1. The van der Waals surface area contributed by atoms with Crippen LogP contribution in [0.15, 0.2) is 18.2 Å². The summed E-state index contributed by atoms with van der Waals surface area (Å²) in [6.07, 6.45) is 3.18. The Balaban J connectivity index is 2.78. The van der Waals surface area contributed by atoms with Crippen molar-refractivity contribution >= 4 is 11.6 Å². The summed E-state index contributed by atoms with van der Waals surface area (Å²) in [4.78, 5) is 0. The van der Waals surface area contributed by atoms with Crippen molar-refractivity contribution in [3.63, 3.8) is 0 Å². The van der Waals surface area contributed by atoms with Gasteiger partial charge in [-0.25, -0.2) is 0 Å². The van der Waals surface area contributed by atoms with Crippen LogP contribution in [-0.2, 0) is 6.42 Å². The van der Waals surface area contributed by atoms with E-state index in [0.717, 1.165) is 30.8 Å². The molecule has 1 nitrogen and oxygen atoms in total. The molecule has 0 radical (unpaired) electrons. The van der Waals surface area contributed by atoms with Crippen molar-refractivity contribution in [3.05, 3.63) is 34.3 Å². The van der Waals surface area contributed by atoms with Crippen LogP contribution >= 0.6 is 11.6 Å². The van der Waals surface area contributed by atoms with Gasteiger partial charge in [0, 0.05) is 5.02 Å². The molecule has 84 valence electrons. The lowest BCUT2D eigenvalue weighted by Crippen LogP contribution is -2.01. The molecule has 0 fully saturated rings. The first-order valence-electron chi connectivity index (χ1n) is 5.67. The number of halogens is 1. The highest BCUT2D eigenvalue weighted by atomic mass is 35.5. The van der Waals surface area contributed by atoms with Crippen molar-refractivity contribution in [1.29, 1.82) is 0 Å². The maximum absolute atomic E-state index is 6.25. The van der Waals surface area contributed by atoms with Crippen molar-refractivity contribution in [2.45, 2.75) is 39.0 Å². The molecule has 0 aliphatic heterocycles. The van der Waals surface area contributed by atoms with Crippen molar-refractivity contribution in [2.75, 3.05) is 6.54 Å². The van der Waals surface area contributed by atoms with Gasteiger partial charge in [0.2, 0.25) is 0 Å². The molecule has 0 bridgehead atoms. The van der Waals surface area contributed by atoms with E-state index in [1.54, 1.807) is 0 Å². The maximum atomic E-state index is 6.25. The third kappa shape index (κ3) is 3.51. The molecule has 1 rings (SSSR count). The molecule has 1 unspecified atom stereocenters. The van der Waals surface area contributed by atoms with Gasteiger partial charge in [0.1, 0.15) is 0 Å². The maximum Gasteiger partial charge on any atom is 0.0443 e. The molecular weight excluding hydrogens is 206 g/mol. The molecule has 0 aromatic heterocycles. The third-order valence-electron chi connectivity index (χ3n) is 2.88. The Kier molecular flexibility index (Phi) is 5.13. The fraction of sp³-hybridized carbons (Fsp3) is 0.538. The van der Waals surface area contributed by atoms with Gasteiger partial charge in [0.15, 0.2) is 0 Å². The van der Waals surface area contributed by atoms with Gasteiger partial charge in [0.05, 0.1) is 0 Å². The van der Waals surface area contributed by atoms with Crippen LogP contribution in [0.4, 0.5) is 0 Å². The Morgan fingerprint density at radius 3 is 2.67 bits per heavy atom. The Morgan fingerprint density at radius 2 is 2.13 bits per heavy atom. The fourth-order valence-corrected chi connectivity index (χ4v) is 2.04. The SMILES string of the molecule is CCC(C)c1ccc(CCCN)cc1Cl. The van der Waals surface area contributed by atoms with Gasteiger partial charge in [-0.2, -0.15) is 0 Å². The second-order valence-corrected chi connectivity index (χ2v) is 4.46. The molecule has 0 spiro atoms. The fourth-order valence-electron chi connectivity index (χ4n) is 1.65.